The molecule has 0 bridgehead atoms. The van der Waals surface area contributed by atoms with Crippen LogP contribution in [0.2, 0.25) is 0 Å². The summed E-state index contributed by atoms with van der Waals surface area (Å²) in [7, 11) is 0. The van der Waals surface area contributed by atoms with E-state index in [9.17, 15) is 0 Å². The number of imidazole rings is 1. The smallest absolute Gasteiger partial charge is 0.195 e. The topological polar surface area (TPSA) is 74.6 Å². The minimum Gasteiger partial charge on any atom is -0.382 e. The summed E-state index contributed by atoms with van der Waals surface area (Å²) in [6, 6.07) is 12.3. The molecule has 2 aromatic rings. The van der Waals surface area contributed by atoms with Crippen molar-refractivity contribution in [3.63, 3.8) is 0 Å². The lowest BCUT2D eigenvalue weighted by molar-refractivity contribution is 0.638. The van der Waals surface area contributed by atoms with Gasteiger partial charge in [-0.15, -0.1) is 12.3 Å². The van der Waals surface area contributed by atoms with Crippen LogP contribution in [0.15, 0.2) is 65.2 Å². The van der Waals surface area contributed by atoms with Gasteiger partial charge in [0, 0.05) is 35.9 Å². The number of terminal acetylenes is 1. The van der Waals surface area contributed by atoms with E-state index in [1.54, 1.807) is 6.33 Å². The molecule has 2 aliphatic heterocycles. The standard InChI is InChI=1S/C20H18N6S/c1-2-3-4-13-26-14-22-18(21)17-19(26)24-20(23-17)27-16-9-7-15(8-10-16)25-11-5-6-12-25/h1,5-12,14H,3-4,13,21H2. The Bertz CT molecular complexity index is 1040. The van der Waals surface area contributed by atoms with Crippen molar-refractivity contribution in [1.82, 2.24) is 24.1 Å². The molecule has 1 aromatic carbocycles. The van der Waals surface area contributed by atoms with E-state index in [0.29, 0.717) is 23.1 Å². The predicted octanol–water partition coefficient (Wildman–Crippen LogP) is 3.72. The van der Waals surface area contributed by atoms with Crippen LogP contribution in [0, 0.1) is 12.3 Å². The molecule has 3 heterocycles. The quantitative estimate of drug-likeness (QED) is 0.411. The minimum absolute atomic E-state index is 0.389. The third kappa shape index (κ3) is 3.66. The molecule has 27 heavy (non-hydrogen) atoms. The third-order valence-corrected chi connectivity index (χ3v) is 5.01. The van der Waals surface area contributed by atoms with E-state index in [4.69, 9.17) is 12.2 Å². The Balaban J connectivity index is 1.57. The molecule has 2 N–H and O–H groups in total. The van der Waals surface area contributed by atoms with Gasteiger partial charge in [-0.3, -0.25) is 0 Å². The fourth-order valence-electron chi connectivity index (χ4n) is 2.79. The Hall–Kier alpha value is -3.24. The fraction of sp³-hybridized carbons (Fsp3) is 0.150. The summed E-state index contributed by atoms with van der Waals surface area (Å²) >= 11 is 1.50. The second-order valence-electron chi connectivity index (χ2n) is 6.00. The molecule has 0 amide bonds. The zero-order chi connectivity index (χ0) is 18.6. The van der Waals surface area contributed by atoms with E-state index in [0.717, 1.165) is 29.4 Å². The summed E-state index contributed by atoms with van der Waals surface area (Å²) < 4.78 is 4.02. The lowest BCUT2D eigenvalue weighted by atomic mass is 10.3. The van der Waals surface area contributed by atoms with Gasteiger partial charge in [0.05, 0.1) is 6.33 Å². The van der Waals surface area contributed by atoms with Crippen LogP contribution in [0.1, 0.15) is 12.8 Å². The van der Waals surface area contributed by atoms with E-state index < -0.39 is 0 Å². The summed E-state index contributed by atoms with van der Waals surface area (Å²) in [6.45, 7) is 0.738. The lowest BCUT2D eigenvalue weighted by Gasteiger charge is -2.09. The molecule has 0 aliphatic carbocycles. The number of aryl methyl sites for hydroxylation is 1. The van der Waals surface area contributed by atoms with Crippen LogP contribution < -0.4 is 5.73 Å². The van der Waals surface area contributed by atoms with Crippen LogP contribution in [-0.2, 0) is 6.54 Å². The monoisotopic (exact) mass is 374 g/mol. The zero-order valence-corrected chi connectivity index (χ0v) is 15.4. The first-order valence-corrected chi connectivity index (χ1v) is 9.39. The molecule has 134 valence electrons. The Labute approximate surface area is 161 Å². The number of hydrogen-bond donors (Lipinski definition) is 1. The molecule has 0 saturated carbocycles. The third-order valence-electron chi connectivity index (χ3n) is 4.14. The number of nitrogens with zero attached hydrogens (tertiary/aromatic N) is 5. The van der Waals surface area contributed by atoms with Gasteiger partial charge in [-0.05, 0) is 54.6 Å². The Kier molecular flexibility index (Phi) is 4.81. The van der Waals surface area contributed by atoms with Crippen molar-refractivity contribution in [2.45, 2.75) is 29.4 Å². The number of aromatic nitrogens is 5. The number of nitrogen functional groups attached to an aromatic ring is 1. The van der Waals surface area contributed by atoms with Gasteiger partial charge in [0.1, 0.15) is 0 Å². The summed E-state index contributed by atoms with van der Waals surface area (Å²) in [5, 5.41) is 0.657. The maximum atomic E-state index is 5.99. The van der Waals surface area contributed by atoms with Gasteiger partial charge in [-0.25, -0.2) is 15.0 Å². The average Bonchev–Trinajstić information content (AvgIpc) is 3.35. The Morgan fingerprint density at radius 3 is 2.63 bits per heavy atom. The van der Waals surface area contributed by atoms with Crippen molar-refractivity contribution in [2.24, 2.45) is 0 Å². The number of hydrogen-bond acceptors (Lipinski definition) is 5. The summed E-state index contributed by atoms with van der Waals surface area (Å²) in [5.41, 5.74) is 7.73. The number of nitrogens with two attached hydrogens (primary N) is 1. The van der Waals surface area contributed by atoms with Crippen molar-refractivity contribution >= 4 is 17.6 Å². The number of benzene rings is 1. The molecular formula is C20H18N6S. The van der Waals surface area contributed by atoms with Crippen molar-refractivity contribution in [3.05, 3.63) is 55.1 Å². The van der Waals surface area contributed by atoms with Crippen LogP contribution >= 0.6 is 11.8 Å². The van der Waals surface area contributed by atoms with E-state index in [1.165, 1.54) is 11.8 Å². The Morgan fingerprint density at radius 2 is 1.89 bits per heavy atom. The predicted molar refractivity (Wildman–Crippen MR) is 107 cm³/mol. The van der Waals surface area contributed by atoms with Gasteiger partial charge < -0.3 is 14.9 Å². The average molecular weight is 374 g/mol. The zero-order valence-electron chi connectivity index (χ0n) is 14.6. The van der Waals surface area contributed by atoms with Gasteiger partial charge in [-0.1, -0.05) is 0 Å². The first kappa shape index (κ1) is 17.2. The minimum atomic E-state index is 0.389. The second kappa shape index (κ2) is 7.56. The summed E-state index contributed by atoms with van der Waals surface area (Å²) in [4.78, 5) is 14.5. The largest absolute Gasteiger partial charge is 0.382 e. The van der Waals surface area contributed by atoms with Gasteiger partial charge in [0.15, 0.2) is 22.5 Å². The van der Waals surface area contributed by atoms with E-state index in [1.807, 2.05) is 29.1 Å². The molecule has 6 nitrogen and oxygen atoms in total. The van der Waals surface area contributed by atoms with Gasteiger partial charge >= 0.3 is 0 Å². The van der Waals surface area contributed by atoms with Crippen LogP contribution in [-0.4, -0.2) is 24.1 Å². The van der Waals surface area contributed by atoms with Crippen LogP contribution in [0.3, 0.4) is 0 Å². The number of unbranched alkanes of at least 4 members (excludes halogenated alkanes) is 1. The maximum Gasteiger partial charge on any atom is 0.195 e. The molecule has 2 aliphatic rings. The molecule has 0 atom stereocenters. The van der Waals surface area contributed by atoms with Crippen molar-refractivity contribution in [1.29, 1.82) is 0 Å². The SMILES string of the molecule is C#CCCCn1cnc(N)c2nc(Sc3ccc(-n4cccc4)cc3)nc1-2. The van der Waals surface area contributed by atoms with Crippen molar-refractivity contribution < 1.29 is 0 Å². The highest BCUT2D eigenvalue weighted by atomic mass is 32.2. The van der Waals surface area contributed by atoms with Crippen LogP contribution in [0.4, 0.5) is 5.82 Å². The first-order chi connectivity index (χ1) is 13.2. The molecule has 0 spiro atoms. The number of anilines is 1. The summed E-state index contributed by atoms with van der Waals surface area (Å²) in [5.74, 6) is 3.78. The highest BCUT2D eigenvalue weighted by Crippen LogP contribution is 2.32. The first-order valence-electron chi connectivity index (χ1n) is 8.57. The van der Waals surface area contributed by atoms with Crippen LogP contribution in [0.25, 0.3) is 17.2 Å². The Morgan fingerprint density at radius 1 is 1.11 bits per heavy atom. The highest BCUT2D eigenvalue weighted by molar-refractivity contribution is 7.99. The molecule has 4 rings (SSSR count). The molecule has 0 saturated heterocycles. The molecule has 0 radical (unpaired) electrons. The highest BCUT2D eigenvalue weighted by Gasteiger charge is 2.19. The molecule has 0 fully saturated rings. The van der Waals surface area contributed by atoms with E-state index in [-0.39, 0.29) is 0 Å². The van der Waals surface area contributed by atoms with Gasteiger partial charge in [0.2, 0.25) is 0 Å². The fourth-order valence-corrected chi connectivity index (χ4v) is 3.55. The lowest BCUT2D eigenvalue weighted by Crippen LogP contribution is -2.08. The van der Waals surface area contributed by atoms with E-state index >= 15 is 0 Å². The number of fused-ring (bicyclic) bond motifs is 1. The summed E-state index contributed by atoms with van der Waals surface area (Å²) in [6.07, 6.45) is 12.6. The molecule has 7 heteroatoms. The molecule has 1 aromatic heterocycles. The second-order valence-corrected chi connectivity index (χ2v) is 7.04. The number of rotatable bonds is 6. The normalized spacial score (nSPS) is 10.9. The van der Waals surface area contributed by atoms with Gasteiger partial charge in [-0.2, -0.15) is 0 Å². The van der Waals surface area contributed by atoms with E-state index in [2.05, 4.69) is 49.7 Å². The van der Waals surface area contributed by atoms with Crippen molar-refractivity contribution in [3.8, 4) is 29.5 Å². The van der Waals surface area contributed by atoms with Crippen LogP contribution in [0.5, 0.6) is 0 Å². The maximum absolute atomic E-state index is 5.99. The molecular weight excluding hydrogens is 356 g/mol. The molecule has 0 unspecified atom stereocenters. The van der Waals surface area contributed by atoms with Crippen molar-refractivity contribution in [2.75, 3.05) is 5.73 Å². The van der Waals surface area contributed by atoms with Gasteiger partial charge in [0.25, 0.3) is 0 Å².